The maximum atomic E-state index is 9.40. The number of nitriles is 1. The molecule has 5 rings (SSSR count). The molecule has 1 atom stereocenters. The Morgan fingerprint density at radius 3 is 2.72 bits per heavy atom. The molecule has 1 unspecified atom stereocenters. The van der Waals surface area contributed by atoms with E-state index in [2.05, 4.69) is 55.1 Å². The highest BCUT2D eigenvalue weighted by Crippen LogP contribution is 2.55. The summed E-state index contributed by atoms with van der Waals surface area (Å²) in [6.45, 7) is 6.14. The van der Waals surface area contributed by atoms with E-state index in [0.29, 0.717) is 11.3 Å². The molecule has 3 aromatic rings. The number of rotatable bonds is 2. The molecule has 0 N–H and O–H groups in total. The first kappa shape index (κ1) is 20.1. The lowest BCUT2D eigenvalue weighted by atomic mass is 9.77. The normalized spacial score (nSPS) is 20.6. The van der Waals surface area contributed by atoms with Crippen molar-refractivity contribution in [3.63, 3.8) is 0 Å². The Kier molecular flexibility index (Phi) is 4.32. The molecule has 0 fully saturated rings. The average Bonchev–Trinajstić information content (AvgIpc) is 2.96. The molecule has 160 valence electrons. The van der Waals surface area contributed by atoms with Gasteiger partial charge in [0.2, 0.25) is 5.72 Å². The van der Waals surface area contributed by atoms with Crippen LogP contribution in [0, 0.1) is 11.3 Å². The Hall–Kier alpha value is -3.78. The van der Waals surface area contributed by atoms with Gasteiger partial charge in [-0.3, -0.25) is 4.99 Å². The van der Waals surface area contributed by atoms with E-state index in [1.165, 1.54) is 0 Å². The van der Waals surface area contributed by atoms with Crippen LogP contribution in [0.25, 0.3) is 16.8 Å². The van der Waals surface area contributed by atoms with Crippen molar-refractivity contribution in [2.45, 2.75) is 31.9 Å². The number of methoxy groups -OCH3 is 1. The molecule has 2 aliphatic heterocycles. The van der Waals surface area contributed by atoms with Crippen LogP contribution in [0.2, 0.25) is 0 Å². The predicted molar refractivity (Wildman–Crippen MR) is 129 cm³/mol. The Morgan fingerprint density at radius 2 is 1.97 bits per heavy atom. The van der Waals surface area contributed by atoms with Crippen molar-refractivity contribution in [2.75, 3.05) is 19.1 Å². The number of hydrogen-bond donors (Lipinski definition) is 0. The molecule has 0 aliphatic carbocycles. The molecule has 2 heterocycles. The minimum absolute atomic E-state index is 0.413. The maximum Gasteiger partial charge on any atom is 0.228 e. The van der Waals surface area contributed by atoms with E-state index in [1.54, 1.807) is 14.0 Å². The van der Waals surface area contributed by atoms with Crippen LogP contribution < -0.4 is 14.4 Å². The van der Waals surface area contributed by atoms with E-state index in [0.717, 1.165) is 39.0 Å². The van der Waals surface area contributed by atoms with Crippen LogP contribution in [0.15, 0.2) is 59.1 Å². The number of nitrogens with zero attached hydrogens (tertiary/aromatic N) is 3. The van der Waals surface area contributed by atoms with Crippen LogP contribution >= 0.6 is 0 Å². The van der Waals surface area contributed by atoms with E-state index in [-0.39, 0.29) is 0 Å². The minimum Gasteiger partial charge on any atom is -0.497 e. The average molecular weight is 424 g/mol. The lowest BCUT2D eigenvalue weighted by Crippen LogP contribution is -2.61. The highest BCUT2D eigenvalue weighted by atomic mass is 16.5. The van der Waals surface area contributed by atoms with Gasteiger partial charge in [0.25, 0.3) is 0 Å². The molecule has 0 bridgehead atoms. The zero-order valence-electron chi connectivity index (χ0n) is 18.9. The summed E-state index contributed by atoms with van der Waals surface area (Å²) in [5.41, 5.74) is 3.25. The second-order valence-electron chi connectivity index (χ2n) is 8.93. The zero-order valence-corrected chi connectivity index (χ0v) is 18.9. The molecule has 0 saturated carbocycles. The van der Waals surface area contributed by atoms with Gasteiger partial charge in [0.05, 0.1) is 24.8 Å². The fourth-order valence-electron chi connectivity index (χ4n) is 4.94. The van der Waals surface area contributed by atoms with E-state index < -0.39 is 11.1 Å². The van der Waals surface area contributed by atoms with E-state index in [1.807, 2.05) is 37.5 Å². The van der Waals surface area contributed by atoms with E-state index >= 15 is 0 Å². The summed E-state index contributed by atoms with van der Waals surface area (Å²) in [5, 5.41) is 11.5. The first-order valence-corrected chi connectivity index (χ1v) is 10.6. The van der Waals surface area contributed by atoms with Gasteiger partial charge in [-0.05, 0) is 62.1 Å². The SMILES string of the molecule is COc1ccc2c(c1)C(C)(C)C1(C=Nc3c(c(/C=C(/C)C#N)cc4ccccc34)O1)N2C. The van der Waals surface area contributed by atoms with Gasteiger partial charge in [-0.15, -0.1) is 0 Å². The van der Waals surface area contributed by atoms with Crippen molar-refractivity contribution in [3.05, 3.63) is 65.2 Å². The molecule has 0 saturated heterocycles. The van der Waals surface area contributed by atoms with Crippen molar-refractivity contribution in [1.29, 1.82) is 5.26 Å². The second kappa shape index (κ2) is 6.86. The number of aliphatic imine (C=N–C) groups is 1. The number of fused-ring (bicyclic) bond motifs is 4. The summed E-state index contributed by atoms with van der Waals surface area (Å²) in [6.07, 6.45) is 3.80. The molecule has 5 nitrogen and oxygen atoms in total. The monoisotopic (exact) mass is 423 g/mol. The molecule has 32 heavy (non-hydrogen) atoms. The molecule has 0 radical (unpaired) electrons. The van der Waals surface area contributed by atoms with Crippen LogP contribution in [0.1, 0.15) is 31.9 Å². The lowest BCUT2D eigenvalue weighted by Gasteiger charge is -2.45. The predicted octanol–water partition coefficient (Wildman–Crippen LogP) is 5.99. The number of allylic oxidation sites excluding steroid dienone is 1. The fourth-order valence-corrected chi connectivity index (χ4v) is 4.94. The Morgan fingerprint density at radius 1 is 1.19 bits per heavy atom. The summed E-state index contributed by atoms with van der Waals surface area (Å²) in [7, 11) is 3.72. The van der Waals surface area contributed by atoms with Crippen molar-refractivity contribution >= 4 is 34.4 Å². The van der Waals surface area contributed by atoms with Gasteiger partial charge in [0, 0.05) is 29.3 Å². The molecular formula is C27H25N3O2. The third-order valence-corrected chi connectivity index (χ3v) is 6.81. The van der Waals surface area contributed by atoms with Crippen LogP contribution in [-0.4, -0.2) is 26.1 Å². The van der Waals surface area contributed by atoms with Crippen molar-refractivity contribution < 1.29 is 9.47 Å². The summed E-state index contributed by atoms with van der Waals surface area (Å²) in [6, 6.07) is 18.5. The van der Waals surface area contributed by atoms with Gasteiger partial charge in [-0.1, -0.05) is 24.3 Å². The van der Waals surface area contributed by atoms with Gasteiger partial charge >= 0.3 is 0 Å². The molecule has 1 spiro atoms. The fraction of sp³-hybridized carbons (Fsp3) is 0.259. The van der Waals surface area contributed by atoms with Gasteiger partial charge in [-0.2, -0.15) is 5.26 Å². The van der Waals surface area contributed by atoms with Crippen molar-refractivity contribution in [3.8, 4) is 17.6 Å². The van der Waals surface area contributed by atoms with Gasteiger partial charge in [0.15, 0.2) is 5.75 Å². The van der Waals surface area contributed by atoms with E-state index in [4.69, 9.17) is 14.5 Å². The number of ether oxygens (including phenoxy) is 2. The third-order valence-electron chi connectivity index (χ3n) is 6.81. The zero-order chi connectivity index (χ0) is 22.7. The quantitative estimate of drug-likeness (QED) is 0.475. The van der Waals surface area contributed by atoms with Crippen LogP contribution in [0.4, 0.5) is 11.4 Å². The number of anilines is 1. The Labute approximate surface area is 188 Å². The molecule has 0 aromatic heterocycles. The van der Waals surface area contributed by atoms with E-state index in [9.17, 15) is 5.26 Å². The second-order valence-corrected chi connectivity index (χ2v) is 8.93. The number of hydrogen-bond acceptors (Lipinski definition) is 5. The van der Waals surface area contributed by atoms with Crippen LogP contribution in [0.3, 0.4) is 0 Å². The maximum absolute atomic E-state index is 9.40. The molecule has 3 aromatic carbocycles. The highest BCUT2D eigenvalue weighted by molar-refractivity contribution is 6.02. The molecule has 5 heteroatoms. The van der Waals surface area contributed by atoms with Crippen molar-refractivity contribution in [1.82, 2.24) is 0 Å². The van der Waals surface area contributed by atoms with Gasteiger partial charge in [-0.25, -0.2) is 0 Å². The number of likely N-dealkylation sites (N-methyl/N-ethyl adjacent to an activating group) is 1. The van der Waals surface area contributed by atoms with Gasteiger partial charge in [0.1, 0.15) is 11.4 Å². The topological polar surface area (TPSA) is 57.9 Å². The van der Waals surface area contributed by atoms with Crippen LogP contribution in [0.5, 0.6) is 11.5 Å². The van der Waals surface area contributed by atoms with Crippen LogP contribution in [-0.2, 0) is 5.41 Å². The van der Waals surface area contributed by atoms with Gasteiger partial charge < -0.3 is 14.4 Å². The molecule has 0 amide bonds. The summed E-state index contributed by atoms with van der Waals surface area (Å²) in [5.74, 6) is 1.51. The smallest absolute Gasteiger partial charge is 0.228 e. The Balaban J connectivity index is 1.75. The summed E-state index contributed by atoms with van der Waals surface area (Å²) in [4.78, 5) is 7.13. The standard InChI is InChI=1S/C27H25N3O2/c1-17(15-28)12-19-13-18-8-6-7-9-21(18)24-25(19)32-27(16-29-24)26(2,3)22-14-20(31-5)10-11-23(22)30(27)4/h6-14,16H,1-5H3/b17-12-. The highest BCUT2D eigenvalue weighted by Gasteiger charge is 2.59. The lowest BCUT2D eigenvalue weighted by molar-refractivity contribution is 0.0823. The molecular weight excluding hydrogens is 398 g/mol. The summed E-state index contributed by atoms with van der Waals surface area (Å²) < 4.78 is 12.4. The minimum atomic E-state index is -0.819. The third kappa shape index (κ3) is 2.59. The van der Waals surface area contributed by atoms with Crippen molar-refractivity contribution in [2.24, 2.45) is 4.99 Å². The molecule has 2 aliphatic rings. The summed E-state index contributed by atoms with van der Waals surface area (Å²) >= 11 is 0. The number of benzene rings is 3. The first-order chi connectivity index (χ1) is 15.3. The first-order valence-electron chi connectivity index (χ1n) is 10.6. The Bertz CT molecular complexity index is 1360. The largest absolute Gasteiger partial charge is 0.497 e.